The predicted molar refractivity (Wildman–Crippen MR) is 119 cm³/mol. The van der Waals surface area contributed by atoms with Gasteiger partial charge in [-0.2, -0.15) is 5.26 Å². The Bertz CT molecular complexity index is 1140. The van der Waals surface area contributed by atoms with Crippen LogP contribution in [0.25, 0.3) is 6.08 Å². The van der Waals surface area contributed by atoms with Crippen LogP contribution in [0.15, 0.2) is 78.9 Å². The van der Waals surface area contributed by atoms with Gasteiger partial charge in [-0.25, -0.2) is 0 Å². The highest BCUT2D eigenvalue weighted by atomic mass is 16.6. The summed E-state index contributed by atoms with van der Waals surface area (Å²) in [6.07, 6.45) is 3.12. The molecular formula is C25H21N3O3. The van der Waals surface area contributed by atoms with E-state index in [-0.39, 0.29) is 18.1 Å². The molecule has 6 nitrogen and oxygen atoms in total. The zero-order chi connectivity index (χ0) is 22.2. The highest BCUT2D eigenvalue weighted by Crippen LogP contribution is 2.21. The van der Waals surface area contributed by atoms with Crippen molar-refractivity contribution in [2.75, 3.05) is 0 Å². The molecule has 3 aromatic rings. The van der Waals surface area contributed by atoms with E-state index in [4.69, 9.17) is 5.26 Å². The zero-order valence-corrected chi connectivity index (χ0v) is 17.1. The van der Waals surface area contributed by atoms with Crippen LogP contribution >= 0.6 is 0 Å². The molecule has 0 saturated carbocycles. The number of nitriles is 1. The summed E-state index contributed by atoms with van der Waals surface area (Å²) in [6, 6.07) is 23.2. The zero-order valence-electron chi connectivity index (χ0n) is 17.1. The second kappa shape index (κ2) is 9.99. The van der Waals surface area contributed by atoms with Crippen LogP contribution in [-0.4, -0.2) is 15.7 Å². The fourth-order valence-corrected chi connectivity index (χ4v) is 3.10. The fourth-order valence-electron chi connectivity index (χ4n) is 3.10. The van der Waals surface area contributed by atoms with E-state index in [1.54, 1.807) is 53.4 Å². The van der Waals surface area contributed by atoms with Crippen molar-refractivity contribution < 1.29 is 9.72 Å². The van der Waals surface area contributed by atoms with Crippen LogP contribution in [0.3, 0.4) is 0 Å². The van der Waals surface area contributed by atoms with Gasteiger partial charge in [0.2, 0.25) is 5.91 Å². The maximum absolute atomic E-state index is 13.0. The van der Waals surface area contributed by atoms with E-state index >= 15 is 0 Å². The Kier molecular flexibility index (Phi) is 6.92. The Morgan fingerprint density at radius 2 is 1.71 bits per heavy atom. The predicted octanol–water partition coefficient (Wildman–Crippen LogP) is 5.02. The number of carbonyl (C=O) groups is 1. The lowest BCUT2D eigenvalue weighted by atomic mass is 10.1. The van der Waals surface area contributed by atoms with Gasteiger partial charge in [0.25, 0.3) is 5.69 Å². The molecule has 0 aliphatic heterocycles. The summed E-state index contributed by atoms with van der Waals surface area (Å²) in [5, 5.41) is 20.3. The minimum absolute atomic E-state index is 0.0136. The van der Waals surface area contributed by atoms with Crippen molar-refractivity contribution in [1.82, 2.24) is 4.90 Å². The van der Waals surface area contributed by atoms with E-state index in [0.29, 0.717) is 17.7 Å². The number of carbonyl (C=O) groups excluding carboxylic acids is 1. The highest BCUT2D eigenvalue weighted by molar-refractivity contribution is 5.91. The van der Waals surface area contributed by atoms with Gasteiger partial charge in [0.1, 0.15) is 0 Å². The summed E-state index contributed by atoms with van der Waals surface area (Å²) >= 11 is 0. The normalized spacial score (nSPS) is 10.6. The molecule has 0 radical (unpaired) electrons. The molecule has 0 spiro atoms. The van der Waals surface area contributed by atoms with Crippen molar-refractivity contribution in [2.24, 2.45) is 0 Å². The van der Waals surface area contributed by atoms with E-state index in [2.05, 4.69) is 6.07 Å². The Morgan fingerprint density at radius 1 is 1.03 bits per heavy atom. The number of hydrogen-bond donors (Lipinski definition) is 0. The summed E-state index contributed by atoms with van der Waals surface area (Å²) < 4.78 is 0. The Balaban J connectivity index is 1.86. The minimum atomic E-state index is -0.434. The van der Waals surface area contributed by atoms with E-state index < -0.39 is 4.92 Å². The number of rotatable bonds is 7. The number of benzene rings is 3. The average Bonchev–Trinajstić information content (AvgIpc) is 2.79. The molecule has 1 amide bonds. The van der Waals surface area contributed by atoms with Crippen LogP contribution in [0.1, 0.15) is 27.8 Å². The molecule has 0 atom stereocenters. The molecule has 0 bridgehead atoms. The number of para-hydroxylation sites is 1. The van der Waals surface area contributed by atoms with Gasteiger partial charge in [-0.3, -0.25) is 14.9 Å². The van der Waals surface area contributed by atoms with Gasteiger partial charge in [0.05, 0.1) is 23.1 Å². The first kappa shape index (κ1) is 21.5. The molecule has 0 aliphatic rings. The summed E-state index contributed by atoms with van der Waals surface area (Å²) in [6.45, 7) is 2.42. The summed E-state index contributed by atoms with van der Waals surface area (Å²) in [5.74, 6) is -0.261. The van der Waals surface area contributed by atoms with Crippen LogP contribution in [0.5, 0.6) is 0 Å². The molecule has 0 aliphatic carbocycles. The number of nitro groups is 1. The molecule has 3 rings (SSSR count). The van der Waals surface area contributed by atoms with Gasteiger partial charge in [-0.05, 0) is 36.3 Å². The number of aryl methyl sites for hydroxylation is 1. The van der Waals surface area contributed by atoms with Gasteiger partial charge in [0, 0.05) is 24.3 Å². The maximum atomic E-state index is 13.0. The first-order valence-corrected chi connectivity index (χ1v) is 9.71. The van der Waals surface area contributed by atoms with Gasteiger partial charge < -0.3 is 4.90 Å². The van der Waals surface area contributed by atoms with Gasteiger partial charge in [-0.15, -0.1) is 0 Å². The van der Waals surface area contributed by atoms with E-state index in [1.807, 2.05) is 31.2 Å². The molecule has 0 saturated heterocycles. The van der Waals surface area contributed by atoms with E-state index in [9.17, 15) is 14.9 Å². The van der Waals surface area contributed by atoms with Crippen LogP contribution in [0.4, 0.5) is 5.69 Å². The van der Waals surface area contributed by atoms with Crippen LogP contribution in [0, 0.1) is 28.4 Å². The molecule has 0 heterocycles. The Morgan fingerprint density at radius 3 is 2.35 bits per heavy atom. The second-order valence-corrected chi connectivity index (χ2v) is 7.13. The van der Waals surface area contributed by atoms with Gasteiger partial charge >= 0.3 is 0 Å². The molecule has 31 heavy (non-hydrogen) atoms. The fraction of sp³-hybridized carbons (Fsp3) is 0.120. The summed E-state index contributed by atoms with van der Waals surface area (Å²) in [7, 11) is 0. The van der Waals surface area contributed by atoms with Crippen LogP contribution in [-0.2, 0) is 17.9 Å². The van der Waals surface area contributed by atoms with Crippen LogP contribution in [0.2, 0.25) is 0 Å². The van der Waals surface area contributed by atoms with Gasteiger partial charge in [-0.1, -0.05) is 60.2 Å². The second-order valence-electron chi connectivity index (χ2n) is 7.13. The third-order valence-corrected chi connectivity index (χ3v) is 4.81. The van der Waals surface area contributed by atoms with E-state index in [1.165, 1.54) is 12.1 Å². The first-order valence-electron chi connectivity index (χ1n) is 9.71. The number of hydrogen-bond acceptors (Lipinski definition) is 4. The topological polar surface area (TPSA) is 87.2 Å². The largest absolute Gasteiger partial charge is 0.330 e. The molecule has 154 valence electrons. The van der Waals surface area contributed by atoms with Gasteiger partial charge in [0.15, 0.2) is 0 Å². The van der Waals surface area contributed by atoms with E-state index in [0.717, 1.165) is 16.7 Å². The summed E-state index contributed by atoms with van der Waals surface area (Å²) in [4.78, 5) is 25.6. The van der Waals surface area contributed by atoms with Crippen LogP contribution < -0.4 is 0 Å². The lowest BCUT2D eigenvalue weighted by molar-refractivity contribution is -0.385. The van der Waals surface area contributed by atoms with Crippen molar-refractivity contribution in [3.05, 3.63) is 117 Å². The summed E-state index contributed by atoms with van der Waals surface area (Å²) in [5.41, 5.74) is 3.83. The number of amides is 1. The molecule has 6 heteroatoms. The number of nitrogens with zero attached hydrogens (tertiary/aromatic N) is 3. The molecule has 0 fully saturated rings. The molecule has 0 N–H and O–H groups in total. The monoisotopic (exact) mass is 411 g/mol. The van der Waals surface area contributed by atoms with Crippen molar-refractivity contribution in [1.29, 1.82) is 5.26 Å². The number of nitro benzene ring substituents is 1. The minimum Gasteiger partial charge on any atom is -0.330 e. The molecule has 3 aromatic carbocycles. The lowest BCUT2D eigenvalue weighted by Crippen LogP contribution is -2.28. The third kappa shape index (κ3) is 5.87. The lowest BCUT2D eigenvalue weighted by Gasteiger charge is -2.22. The third-order valence-electron chi connectivity index (χ3n) is 4.81. The smallest absolute Gasteiger partial charge is 0.274 e. The Labute approximate surface area is 180 Å². The molecule has 0 unspecified atom stereocenters. The molecular weight excluding hydrogens is 390 g/mol. The quantitative estimate of drug-likeness (QED) is 0.310. The highest BCUT2D eigenvalue weighted by Gasteiger charge is 2.18. The Hall–Kier alpha value is -4.24. The standard InChI is InChI=1S/C25H21N3O3/c1-19-6-8-22(9-7-19)17-27(18-23-4-2-3-5-24(23)28(30)31)25(29)15-14-20-10-12-21(16-26)13-11-20/h2-15H,17-18H2,1H3/b15-14+. The maximum Gasteiger partial charge on any atom is 0.274 e. The molecule has 0 aromatic heterocycles. The first-order chi connectivity index (χ1) is 15.0. The SMILES string of the molecule is Cc1ccc(CN(Cc2ccccc2[N+](=O)[O-])C(=O)/C=C/c2ccc(C#N)cc2)cc1. The van der Waals surface area contributed by atoms with Crippen molar-refractivity contribution in [3.8, 4) is 6.07 Å². The van der Waals surface area contributed by atoms with Crippen molar-refractivity contribution >= 4 is 17.7 Å². The average molecular weight is 411 g/mol. The van der Waals surface area contributed by atoms with Crippen molar-refractivity contribution in [2.45, 2.75) is 20.0 Å². The van der Waals surface area contributed by atoms with Crippen molar-refractivity contribution in [3.63, 3.8) is 0 Å².